The summed E-state index contributed by atoms with van der Waals surface area (Å²) >= 11 is 0. The zero-order valence-corrected chi connectivity index (χ0v) is 16.2. The van der Waals surface area contributed by atoms with Gasteiger partial charge in [-0.1, -0.05) is 12.1 Å². The van der Waals surface area contributed by atoms with E-state index in [0.29, 0.717) is 0 Å². The Morgan fingerprint density at radius 2 is 1.92 bits per heavy atom. The minimum absolute atomic E-state index is 0.814. The van der Waals surface area contributed by atoms with Crippen molar-refractivity contribution in [3.63, 3.8) is 0 Å². The van der Waals surface area contributed by atoms with Gasteiger partial charge in [-0.15, -0.1) is 0 Å². The first-order chi connectivity index (χ1) is 12.2. The Balaban J connectivity index is 2.15. The van der Waals surface area contributed by atoms with Crippen LogP contribution in [0.25, 0.3) is 0 Å². The number of nitrogens with zero attached hydrogens (tertiary/aromatic N) is 2. The molecule has 0 spiro atoms. The predicted octanol–water partition coefficient (Wildman–Crippen LogP) is 1.76. The number of likely N-dealkylation sites (N-methyl/N-ethyl adjacent to an activating group) is 1. The van der Waals surface area contributed by atoms with Crippen molar-refractivity contribution in [3.8, 4) is 5.75 Å². The number of ether oxygens (including phenoxy) is 2. The second-order valence-corrected chi connectivity index (χ2v) is 6.03. The summed E-state index contributed by atoms with van der Waals surface area (Å²) in [7, 11) is 7.37. The lowest BCUT2D eigenvalue weighted by Crippen LogP contribution is -2.41. The van der Waals surface area contributed by atoms with Gasteiger partial charge in [0.05, 0.1) is 7.11 Å². The quantitative estimate of drug-likeness (QED) is 0.342. The molecule has 6 heteroatoms. The van der Waals surface area contributed by atoms with Crippen LogP contribution in [-0.4, -0.2) is 72.0 Å². The van der Waals surface area contributed by atoms with Crippen molar-refractivity contribution in [1.29, 1.82) is 0 Å². The van der Waals surface area contributed by atoms with E-state index in [1.807, 2.05) is 12.1 Å². The fourth-order valence-electron chi connectivity index (χ4n) is 2.50. The molecule has 1 rings (SSSR count). The van der Waals surface area contributed by atoms with Crippen LogP contribution in [0.4, 0.5) is 0 Å². The number of guanidine groups is 1. The second kappa shape index (κ2) is 13.5. The maximum Gasteiger partial charge on any atom is 0.191 e. The van der Waals surface area contributed by atoms with Crippen LogP contribution in [0.15, 0.2) is 29.3 Å². The molecule has 6 nitrogen and oxygen atoms in total. The second-order valence-electron chi connectivity index (χ2n) is 6.03. The van der Waals surface area contributed by atoms with Crippen LogP contribution in [0.2, 0.25) is 0 Å². The van der Waals surface area contributed by atoms with Gasteiger partial charge in [0.2, 0.25) is 0 Å². The van der Waals surface area contributed by atoms with Gasteiger partial charge >= 0.3 is 0 Å². The SMILES string of the molecule is CN=C(NCCCc1cccc(OC)c1)NCCN(C)CCCOC. The van der Waals surface area contributed by atoms with Gasteiger partial charge in [-0.2, -0.15) is 0 Å². The van der Waals surface area contributed by atoms with Crippen LogP contribution in [0.3, 0.4) is 0 Å². The molecule has 0 heterocycles. The van der Waals surface area contributed by atoms with E-state index in [0.717, 1.165) is 63.8 Å². The molecule has 0 bridgehead atoms. The van der Waals surface area contributed by atoms with Crippen molar-refractivity contribution in [2.45, 2.75) is 19.3 Å². The predicted molar refractivity (Wildman–Crippen MR) is 105 cm³/mol. The fraction of sp³-hybridized carbons (Fsp3) is 0.632. The number of benzene rings is 1. The summed E-state index contributed by atoms with van der Waals surface area (Å²) in [5.41, 5.74) is 1.29. The van der Waals surface area contributed by atoms with E-state index in [9.17, 15) is 0 Å². The number of nitrogens with one attached hydrogen (secondary N) is 2. The van der Waals surface area contributed by atoms with Gasteiger partial charge in [-0.3, -0.25) is 4.99 Å². The number of hydrogen-bond donors (Lipinski definition) is 2. The number of aliphatic imine (C=N–C) groups is 1. The summed E-state index contributed by atoms with van der Waals surface area (Å²) in [5, 5.41) is 6.72. The van der Waals surface area contributed by atoms with Crippen molar-refractivity contribution in [3.05, 3.63) is 29.8 Å². The summed E-state index contributed by atoms with van der Waals surface area (Å²) < 4.78 is 10.3. The van der Waals surface area contributed by atoms with Crippen molar-refractivity contribution >= 4 is 5.96 Å². The van der Waals surface area contributed by atoms with E-state index in [-0.39, 0.29) is 0 Å². The topological polar surface area (TPSA) is 58.1 Å². The molecule has 0 atom stereocenters. The summed E-state index contributed by atoms with van der Waals surface area (Å²) in [6.45, 7) is 4.60. The third-order valence-electron chi connectivity index (χ3n) is 3.97. The largest absolute Gasteiger partial charge is 0.497 e. The Labute approximate surface area is 152 Å². The lowest BCUT2D eigenvalue weighted by molar-refractivity contribution is 0.180. The smallest absolute Gasteiger partial charge is 0.191 e. The van der Waals surface area contributed by atoms with Gasteiger partial charge in [0, 0.05) is 46.9 Å². The Kier molecular flexibility index (Phi) is 11.5. The van der Waals surface area contributed by atoms with Crippen molar-refractivity contribution in [2.24, 2.45) is 4.99 Å². The van der Waals surface area contributed by atoms with E-state index in [2.05, 4.69) is 39.7 Å². The third-order valence-corrected chi connectivity index (χ3v) is 3.97. The standard InChI is InChI=1S/C19H34N4O2/c1-20-19(22-12-14-23(2)13-7-15-24-3)21-11-6-9-17-8-5-10-18(16-17)25-4/h5,8,10,16H,6-7,9,11-15H2,1-4H3,(H2,20,21,22). The van der Waals surface area contributed by atoms with E-state index >= 15 is 0 Å². The van der Waals surface area contributed by atoms with Crippen LogP contribution in [-0.2, 0) is 11.2 Å². The molecular formula is C19H34N4O2. The minimum Gasteiger partial charge on any atom is -0.497 e. The summed E-state index contributed by atoms with van der Waals surface area (Å²) in [6, 6.07) is 8.23. The number of rotatable bonds is 12. The molecule has 0 aliphatic carbocycles. The Morgan fingerprint density at radius 3 is 2.64 bits per heavy atom. The molecule has 0 aliphatic rings. The highest BCUT2D eigenvalue weighted by Crippen LogP contribution is 2.13. The van der Waals surface area contributed by atoms with E-state index in [4.69, 9.17) is 9.47 Å². The van der Waals surface area contributed by atoms with E-state index in [1.54, 1.807) is 21.3 Å². The number of methoxy groups -OCH3 is 2. The maximum atomic E-state index is 5.26. The van der Waals surface area contributed by atoms with Crippen molar-refractivity contribution in [1.82, 2.24) is 15.5 Å². The lowest BCUT2D eigenvalue weighted by Gasteiger charge is -2.18. The maximum absolute atomic E-state index is 5.26. The van der Waals surface area contributed by atoms with Crippen LogP contribution in [0.5, 0.6) is 5.75 Å². The Hall–Kier alpha value is -1.79. The van der Waals surface area contributed by atoms with Crippen LogP contribution in [0, 0.1) is 0 Å². The average molecular weight is 351 g/mol. The molecule has 0 saturated carbocycles. The first-order valence-corrected chi connectivity index (χ1v) is 8.94. The highest BCUT2D eigenvalue weighted by molar-refractivity contribution is 5.79. The zero-order chi connectivity index (χ0) is 18.3. The van der Waals surface area contributed by atoms with Gasteiger partial charge < -0.3 is 25.0 Å². The Bertz CT molecular complexity index is 494. The monoisotopic (exact) mass is 350 g/mol. The van der Waals surface area contributed by atoms with Gasteiger partial charge in [-0.05, 0) is 44.0 Å². The molecule has 0 unspecified atom stereocenters. The van der Waals surface area contributed by atoms with Crippen LogP contribution >= 0.6 is 0 Å². The molecule has 142 valence electrons. The van der Waals surface area contributed by atoms with Gasteiger partial charge in [0.1, 0.15) is 5.75 Å². The molecule has 0 amide bonds. The van der Waals surface area contributed by atoms with Crippen LogP contribution in [0.1, 0.15) is 18.4 Å². The zero-order valence-electron chi connectivity index (χ0n) is 16.2. The molecule has 0 saturated heterocycles. The van der Waals surface area contributed by atoms with Gasteiger partial charge in [0.25, 0.3) is 0 Å². The van der Waals surface area contributed by atoms with Gasteiger partial charge in [-0.25, -0.2) is 0 Å². The van der Waals surface area contributed by atoms with E-state index < -0.39 is 0 Å². The molecule has 0 radical (unpaired) electrons. The molecule has 0 aromatic heterocycles. The highest BCUT2D eigenvalue weighted by Gasteiger charge is 2.01. The molecule has 1 aromatic rings. The summed E-state index contributed by atoms with van der Waals surface area (Å²) in [4.78, 5) is 6.56. The first-order valence-electron chi connectivity index (χ1n) is 8.94. The van der Waals surface area contributed by atoms with Crippen molar-refractivity contribution < 1.29 is 9.47 Å². The fourth-order valence-corrected chi connectivity index (χ4v) is 2.50. The number of hydrogen-bond acceptors (Lipinski definition) is 4. The molecule has 25 heavy (non-hydrogen) atoms. The summed E-state index contributed by atoms with van der Waals surface area (Å²) in [5.74, 6) is 1.77. The molecule has 0 aliphatic heterocycles. The lowest BCUT2D eigenvalue weighted by atomic mass is 10.1. The van der Waals surface area contributed by atoms with Crippen LogP contribution < -0.4 is 15.4 Å². The minimum atomic E-state index is 0.814. The Morgan fingerprint density at radius 1 is 1.12 bits per heavy atom. The van der Waals surface area contributed by atoms with Gasteiger partial charge in [0.15, 0.2) is 5.96 Å². The molecule has 0 fully saturated rings. The van der Waals surface area contributed by atoms with E-state index in [1.165, 1.54) is 5.56 Å². The summed E-state index contributed by atoms with van der Waals surface area (Å²) in [6.07, 6.45) is 3.12. The highest BCUT2D eigenvalue weighted by atomic mass is 16.5. The normalized spacial score (nSPS) is 11.6. The molecule has 1 aromatic carbocycles. The van der Waals surface area contributed by atoms with Crippen molar-refractivity contribution in [2.75, 3.05) is 61.1 Å². The number of aryl methyl sites for hydroxylation is 1. The average Bonchev–Trinajstić information content (AvgIpc) is 2.64. The third kappa shape index (κ3) is 9.94. The molecule has 2 N–H and O–H groups in total. The first kappa shape index (κ1) is 21.3. The molecular weight excluding hydrogens is 316 g/mol.